The fourth-order valence-electron chi connectivity index (χ4n) is 7.15. The number of rotatable bonds is 14. The number of benzene rings is 6. The molecule has 0 aliphatic carbocycles. The van der Waals surface area contributed by atoms with Crippen molar-refractivity contribution >= 4 is 90.4 Å². The van der Waals surface area contributed by atoms with Crippen molar-refractivity contribution in [3.05, 3.63) is 107 Å². The highest BCUT2D eigenvalue weighted by molar-refractivity contribution is 7.97. The second kappa shape index (κ2) is 24.8. The average Bonchev–Trinajstić information content (AvgIpc) is 3.34. The van der Waals surface area contributed by atoms with E-state index in [1.54, 1.807) is 73.8 Å². The van der Waals surface area contributed by atoms with Crippen LogP contribution in [0, 0.1) is 10.8 Å². The summed E-state index contributed by atoms with van der Waals surface area (Å²) in [4.78, 5) is 1.43. The molecule has 7 N–H and O–H groups in total. The van der Waals surface area contributed by atoms with Gasteiger partial charge in [-0.3, -0.25) is 4.72 Å². The van der Waals surface area contributed by atoms with Crippen LogP contribution in [0.15, 0.2) is 117 Å². The first-order valence-electron chi connectivity index (χ1n) is 22.8. The molecule has 0 radical (unpaired) electrons. The maximum atomic E-state index is 13.1. The van der Waals surface area contributed by atoms with Gasteiger partial charge in [0.2, 0.25) is 0 Å². The zero-order valence-corrected chi connectivity index (χ0v) is 44.0. The molecule has 1 heterocycles. The Morgan fingerprint density at radius 1 is 0.739 bits per heavy atom. The molecule has 0 aromatic heterocycles. The lowest BCUT2D eigenvalue weighted by atomic mass is 9.91. The van der Waals surface area contributed by atoms with Gasteiger partial charge >= 0.3 is 6.16 Å². The van der Waals surface area contributed by atoms with E-state index < -0.39 is 17.1 Å². The van der Waals surface area contributed by atoms with Crippen molar-refractivity contribution in [3.63, 3.8) is 0 Å². The number of likely N-dealkylation sites (N-methyl/N-ethyl adjacent to an activating group) is 1. The SMILES string of the molecule is CCCC(C)(C)C.CCCC(C)(C)C.CN(CCO)S(=O)c1ccc2c(N)c(OC3(Oc4ccc(Cl)cc4N)Oc4ccc(Cl)cc4N=Nc4c(ccc5cc(SNCCO)ccc45)O3)ccc2c1. The molecular weight excluding hydrogens is 956 g/mol. The van der Waals surface area contributed by atoms with E-state index >= 15 is 0 Å². The zero-order chi connectivity index (χ0) is 50.5. The van der Waals surface area contributed by atoms with Gasteiger partial charge in [-0.15, -0.1) is 10.2 Å². The van der Waals surface area contributed by atoms with Crippen LogP contribution in [0.3, 0.4) is 0 Å². The Morgan fingerprint density at radius 2 is 1.33 bits per heavy atom. The molecule has 0 spiro atoms. The number of nitrogens with two attached hydrogens (primary N) is 2. The van der Waals surface area contributed by atoms with E-state index in [1.807, 2.05) is 24.3 Å². The summed E-state index contributed by atoms with van der Waals surface area (Å²) in [6, 6.07) is 27.2. The third-order valence-electron chi connectivity index (χ3n) is 10.3. The number of hydrogen-bond acceptors (Lipinski definition) is 13. The van der Waals surface area contributed by atoms with Crippen molar-refractivity contribution in [2.24, 2.45) is 21.1 Å². The van der Waals surface area contributed by atoms with E-state index in [4.69, 9.17) is 53.6 Å². The predicted octanol–water partition coefficient (Wildman–Crippen LogP) is 13.6. The van der Waals surface area contributed by atoms with Crippen LogP contribution in [-0.4, -0.2) is 58.2 Å². The van der Waals surface area contributed by atoms with Crippen LogP contribution in [0.4, 0.5) is 22.7 Å². The number of azo groups is 1. The van der Waals surface area contributed by atoms with Gasteiger partial charge in [-0.05, 0) is 119 Å². The highest BCUT2D eigenvalue weighted by atomic mass is 35.5. The molecule has 7 rings (SSSR count). The van der Waals surface area contributed by atoms with Gasteiger partial charge in [0, 0.05) is 45.9 Å². The molecule has 0 amide bonds. The monoisotopic (exact) mass is 1020 g/mol. The quantitative estimate of drug-likeness (QED) is 0.0302. The highest BCUT2D eigenvalue weighted by Crippen LogP contribution is 2.46. The molecule has 2 atom stereocenters. The maximum absolute atomic E-state index is 13.1. The van der Waals surface area contributed by atoms with Crippen LogP contribution < -0.4 is 35.1 Å². The Bertz CT molecular complexity index is 2720. The number of nitrogens with zero attached hydrogens (tertiary/aromatic N) is 3. The summed E-state index contributed by atoms with van der Waals surface area (Å²) in [7, 11) is 0.142. The van der Waals surface area contributed by atoms with Crippen LogP contribution in [0.25, 0.3) is 21.5 Å². The number of ether oxygens (including phenoxy) is 4. The summed E-state index contributed by atoms with van der Waals surface area (Å²) in [6.07, 6.45) is 2.82. The standard InChI is InChI=1S/C38H34Cl2N6O7S2.2C7H16/c1-46(15-17-48)55(49)27-7-9-28-23(19-27)2-10-34(36(28)42)52-38(50-32-12-4-24(39)20-30(32)41)51-33-13-5-25(40)21-31(33)44-45-37-29-8-6-26(54-43-14-16-47)18-22(29)3-11-35(37)53-38;2*1-5-6-7(2,3)4/h2-13,18-21,43,47-48H,14-17,41-42H2,1H3;2*5-6H2,1-4H3. The van der Waals surface area contributed by atoms with Crippen LogP contribution in [-0.2, 0) is 11.0 Å². The predicted molar refractivity (Wildman–Crippen MR) is 285 cm³/mol. The van der Waals surface area contributed by atoms with E-state index in [-0.39, 0.29) is 59.8 Å². The zero-order valence-electron chi connectivity index (χ0n) is 40.9. The summed E-state index contributed by atoms with van der Waals surface area (Å²) in [6.45, 7) is 18.6. The number of nitrogen functional groups attached to an aromatic ring is 2. The molecule has 372 valence electrons. The second-order valence-corrected chi connectivity index (χ2v) is 22.2. The minimum absolute atomic E-state index is 0.00475. The molecule has 1 aliphatic rings. The largest absolute Gasteiger partial charge is 0.611 e. The first-order valence-corrected chi connectivity index (χ1v) is 25.5. The van der Waals surface area contributed by atoms with Gasteiger partial charge in [0.15, 0.2) is 23.0 Å². The molecule has 17 heteroatoms. The van der Waals surface area contributed by atoms with Crippen molar-refractivity contribution in [1.82, 2.24) is 9.03 Å². The maximum Gasteiger partial charge on any atom is 0.611 e. The minimum atomic E-state index is -2.48. The molecule has 13 nitrogen and oxygen atoms in total. The third kappa shape index (κ3) is 15.8. The van der Waals surface area contributed by atoms with E-state index in [2.05, 4.69) is 70.3 Å². The van der Waals surface area contributed by atoms with Crippen molar-refractivity contribution in [2.45, 2.75) is 97.0 Å². The summed E-state index contributed by atoms with van der Waals surface area (Å²) in [5.74, 6) is 0.505. The first-order chi connectivity index (χ1) is 32.7. The first kappa shape index (κ1) is 55.1. The Morgan fingerprint density at radius 3 is 1.97 bits per heavy atom. The molecule has 6 aromatic carbocycles. The van der Waals surface area contributed by atoms with E-state index in [9.17, 15) is 14.4 Å². The van der Waals surface area contributed by atoms with E-state index in [0.29, 0.717) is 54.2 Å². The fourth-order valence-corrected chi connectivity index (χ4v) is 9.20. The van der Waals surface area contributed by atoms with Crippen molar-refractivity contribution in [3.8, 4) is 23.0 Å². The Hall–Kier alpha value is -4.84. The molecule has 0 saturated carbocycles. The van der Waals surface area contributed by atoms with Crippen LogP contribution in [0.2, 0.25) is 10.0 Å². The van der Waals surface area contributed by atoms with Crippen molar-refractivity contribution in [1.29, 1.82) is 0 Å². The van der Waals surface area contributed by atoms with Gasteiger partial charge in [0.05, 0.1) is 29.5 Å². The number of aliphatic hydroxyl groups excluding tert-OH is 2. The molecule has 0 bridgehead atoms. The Kier molecular flexibility index (Phi) is 19.8. The van der Waals surface area contributed by atoms with Gasteiger partial charge < -0.3 is 40.6 Å². The number of nitrogens with one attached hydrogen (secondary N) is 1. The number of halogens is 2. The summed E-state index contributed by atoms with van der Waals surface area (Å²) in [5.41, 5.74) is 15.2. The molecule has 0 saturated heterocycles. The molecular formula is C52H66Cl2N6O7S2. The topological polar surface area (TPSA) is 186 Å². The highest BCUT2D eigenvalue weighted by Gasteiger charge is 2.46. The van der Waals surface area contributed by atoms with Gasteiger partial charge in [-0.25, -0.2) is 8.51 Å². The summed E-state index contributed by atoms with van der Waals surface area (Å²) in [5, 5.41) is 31.2. The molecule has 69 heavy (non-hydrogen) atoms. The Labute approximate surface area is 423 Å². The average molecular weight is 1020 g/mol. The summed E-state index contributed by atoms with van der Waals surface area (Å²) >= 11 is 14.1. The fraction of sp³-hybridized carbons (Fsp3) is 0.385. The molecule has 0 fully saturated rings. The number of fused-ring (bicyclic) bond motifs is 5. The molecule has 6 aromatic rings. The van der Waals surface area contributed by atoms with Crippen LogP contribution in [0.5, 0.6) is 23.0 Å². The van der Waals surface area contributed by atoms with Gasteiger partial charge in [0.1, 0.15) is 22.4 Å². The smallest absolute Gasteiger partial charge is 0.396 e. The lowest BCUT2D eigenvalue weighted by Gasteiger charge is -2.33. The van der Waals surface area contributed by atoms with Crippen molar-refractivity contribution in [2.75, 3.05) is 44.8 Å². The van der Waals surface area contributed by atoms with E-state index in [0.717, 1.165) is 10.3 Å². The lowest BCUT2D eigenvalue weighted by molar-refractivity contribution is -0.366. The van der Waals surface area contributed by atoms with Gasteiger partial charge in [0.25, 0.3) is 0 Å². The second-order valence-electron chi connectivity index (χ2n) is 18.7. The third-order valence-corrected chi connectivity index (χ3v) is 13.0. The number of aliphatic hydroxyl groups is 2. The number of hydrogen-bond donors (Lipinski definition) is 5. The number of anilines is 2. The molecule has 2 unspecified atom stereocenters. The minimum Gasteiger partial charge on any atom is -0.396 e. The molecule has 1 aliphatic heterocycles. The van der Waals surface area contributed by atoms with Crippen molar-refractivity contribution < 1.29 is 33.4 Å². The van der Waals surface area contributed by atoms with E-state index in [1.165, 1.54) is 48.0 Å². The van der Waals surface area contributed by atoms with Gasteiger partial charge in [-0.1, -0.05) is 116 Å². The lowest BCUT2D eigenvalue weighted by Crippen LogP contribution is -2.53. The van der Waals surface area contributed by atoms with Crippen LogP contribution >= 0.6 is 35.1 Å². The Balaban J connectivity index is 0.000000554. The van der Waals surface area contributed by atoms with Gasteiger partial charge in [-0.2, -0.15) is 0 Å². The normalized spacial score (nSPS) is 14.9. The summed E-state index contributed by atoms with van der Waals surface area (Å²) < 4.78 is 44.0. The van der Waals surface area contributed by atoms with Crippen LogP contribution in [0.1, 0.15) is 81.1 Å².